The molecule has 0 spiro atoms. The molecule has 1 heterocycles. The molecule has 2 amide bonds. The minimum absolute atomic E-state index is 0.0599. The van der Waals surface area contributed by atoms with Gasteiger partial charge < -0.3 is 15.3 Å². The Balaban J connectivity index is 1.85. The molecular weight excluding hydrogens is 256 g/mol. The average Bonchev–Trinajstić information content (AvgIpc) is 2.44. The smallest absolute Gasteiger partial charge is 0.243 e. The van der Waals surface area contributed by atoms with Crippen LogP contribution in [0.4, 0.5) is 5.69 Å². The Morgan fingerprint density at radius 3 is 2.65 bits per heavy atom. The Bertz CT molecular complexity index is 471. The summed E-state index contributed by atoms with van der Waals surface area (Å²) in [5.41, 5.74) is 1.73. The van der Waals surface area contributed by atoms with Gasteiger partial charge >= 0.3 is 0 Å². The zero-order chi connectivity index (χ0) is 14.4. The van der Waals surface area contributed by atoms with Crippen LogP contribution in [0.2, 0.25) is 0 Å². The first-order chi connectivity index (χ1) is 9.69. The topological polar surface area (TPSA) is 69.6 Å². The molecule has 1 aromatic carbocycles. The van der Waals surface area contributed by atoms with E-state index in [0.717, 1.165) is 18.4 Å². The third-order valence-corrected chi connectivity index (χ3v) is 3.39. The Morgan fingerprint density at radius 2 is 2.00 bits per heavy atom. The first-order valence-electron chi connectivity index (χ1n) is 6.96. The van der Waals surface area contributed by atoms with Gasteiger partial charge in [0.15, 0.2) is 0 Å². The molecule has 2 N–H and O–H groups in total. The molecule has 0 atom stereocenters. The lowest BCUT2D eigenvalue weighted by Crippen LogP contribution is -2.40. The van der Waals surface area contributed by atoms with E-state index in [9.17, 15) is 9.59 Å². The lowest BCUT2D eigenvalue weighted by atomic mass is 10.1. The maximum absolute atomic E-state index is 11.9. The van der Waals surface area contributed by atoms with Crippen LogP contribution in [-0.4, -0.2) is 41.5 Å². The summed E-state index contributed by atoms with van der Waals surface area (Å²) >= 11 is 0. The summed E-state index contributed by atoms with van der Waals surface area (Å²) in [4.78, 5) is 25.1. The number of carbonyl (C=O) groups excluding carboxylic acids is 2. The van der Waals surface area contributed by atoms with Gasteiger partial charge in [-0.05, 0) is 37.0 Å². The molecule has 5 heteroatoms. The van der Waals surface area contributed by atoms with Gasteiger partial charge in [0.25, 0.3) is 0 Å². The fraction of sp³-hybridized carbons (Fsp3) is 0.467. The summed E-state index contributed by atoms with van der Waals surface area (Å²) in [6.07, 6.45) is 3.04. The molecule has 1 saturated heterocycles. The van der Waals surface area contributed by atoms with Crippen LogP contribution >= 0.6 is 0 Å². The first kappa shape index (κ1) is 14.5. The van der Waals surface area contributed by atoms with Crippen molar-refractivity contribution in [3.05, 3.63) is 29.8 Å². The number of carbonyl (C=O) groups is 2. The fourth-order valence-electron chi connectivity index (χ4n) is 2.29. The molecule has 108 valence electrons. The Morgan fingerprint density at radius 1 is 1.25 bits per heavy atom. The van der Waals surface area contributed by atoms with Crippen LogP contribution in [0.15, 0.2) is 24.3 Å². The molecule has 20 heavy (non-hydrogen) atoms. The molecule has 0 radical (unpaired) electrons. The molecule has 0 bridgehead atoms. The number of rotatable bonds is 5. The van der Waals surface area contributed by atoms with E-state index in [1.807, 2.05) is 12.1 Å². The average molecular weight is 276 g/mol. The Labute approximate surface area is 118 Å². The second-order valence-corrected chi connectivity index (χ2v) is 4.99. The highest BCUT2D eigenvalue weighted by Gasteiger charge is 2.20. The first-order valence-corrected chi connectivity index (χ1v) is 6.96. The maximum atomic E-state index is 11.9. The van der Waals surface area contributed by atoms with Crippen LogP contribution in [0, 0.1) is 0 Å². The van der Waals surface area contributed by atoms with Gasteiger partial charge in [-0.1, -0.05) is 12.1 Å². The summed E-state index contributed by atoms with van der Waals surface area (Å²) in [7, 11) is 0. The molecule has 1 aromatic rings. The summed E-state index contributed by atoms with van der Waals surface area (Å²) < 4.78 is 0. The minimum Gasteiger partial charge on any atom is -0.396 e. The molecule has 2 rings (SSSR count). The number of amides is 2. The highest BCUT2D eigenvalue weighted by atomic mass is 16.3. The van der Waals surface area contributed by atoms with Gasteiger partial charge in [0.1, 0.15) is 0 Å². The zero-order valence-electron chi connectivity index (χ0n) is 11.5. The highest BCUT2D eigenvalue weighted by Crippen LogP contribution is 2.12. The molecule has 1 aliphatic rings. The molecule has 5 nitrogen and oxygen atoms in total. The molecule has 1 aliphatic heterocycles. The normalized spacial score (nSPS) is 15.2. The van der Waals surface area contributed by atoms with E-state index in [1.165, 1.54) is 0 Å². The van der Waals surface area contributed by atoms with E-state index in [-0.39, 0.29) is 25.0 Å². The lowest BCUT2D eigenvalue weighted by molar-refractivity contribution is -0.136. The lowest BCUT2D eigenvalue weighted by Gasteiger charge is -2.25. The minimum atomic E-state index is -0.171. The second-order valence-electron chi connectivity index (χ2n) is 4.99. The van der Waals surface area contributed by atoms with Gasteiger partial charge in [-0.15, -0.1) is 0 Å². The van der Waals surface area contributed by atoms with Gasteiger partial charge in [-0.25, -0.2) is 0 Å². The van der Waals surface area contributed by atoms with Gasteiger partial charge in [0, 0.05) is 25.3 Å². The molecule has 0 aromatic heterocycles. The number of nitrogens with zero attached hydrogens (tertiary/aromatic N) is 1. The summed E-state index contributed by atoms with van der Waals surface area (Å²) in [5, 5.41) is 11.6. The fourth-order valence-corrected chi connectivity index (χ4v) is 2.29. The summed E-state index contributed by atoms with van der Waals surface area (Å²) in [6, 6.07) is 7.36. The summed E-state index contributed by atoms with van der Waals surface area (Å²) in [5.74, 6) is -0.111. The quantitative estimate of drug-likeness (QED) is 0.848. The van der Waals surface area contributed by atoms with Crippen molar-refractivity contribution in [2.24, 2.45) is 0 Å². The third kappa shape index (κ3) is 4.06. The number of piperidine rings is 1. The predicted octanol–water partition coefficient (Wildman–Crippen LogP) is 1.17. The molecular formula is C15H20N2O3. The van der Waals surface area contributed by atoms with Crippen molar-refractivity contribution in [3.63, 3.8) is 0 Å². The van der Waals surface area contributed by atoms with E-state index < -0.39 is 0 Å². The number of nitrogens with one attached hydrogen (secondary N) is 1. The van der Waals surface area contributed by atoms with Crippen LogP contribution in [0.25, 0.3) is 0 Å². The number of anilines is 1. The van der Waals surface area contributed by atoms with Crippen LogP contribution in [0.5, 0.6) is 0 Å². The highest BCUT2D eigenvalue weighted by molar-refractivity contribution is 5.94. The number of benzene rings is 1. The van der Waals surface area contributed by atoms with Crippen molar-refractivity contribution >= 4 is 17.5 Å². The third-order valence-electron chi connectivity index (χ3n) is 3.39. The van der Waals surface area contributed by atoms with E-state index in [4.69, 9.17) is 5.11 Å². The van der Waals surface area contributed by atoms with Crippen LogP contribution in [0.3, 0.4) is 0 Å². The van der Waals surface area contributed by atoms with Crippen molar-refractivity contribution in [3.8, 4) is 0 Å². The van der Waals surface area contributed by atoms with Crippen molar-refractivity contribution in [1.29, 1.82) is 0 Å². The monoisotopic (exact) mass is 276 g/mol. The summed E-state index contributed by atoms with van der Waals surface area (Å²) in [6.45, 7) is 0.904. The number of hydrogen-bond acceptors (Lipinski definition) is 3. The van der Waals surface area contributed by atoms with Crippen LogP contribution < -0.4 is 5.32 Å². The van der Waals surface area contributed by atoms with Crippen LogP contribution in [0.1, 0.15) is 24.8 Å². The van der Waals surface area contributed by atoms with E-state index in [2.05, 4.69) is 5.32 Å². The van der Waals surface area contributed by atoms with Gasteiger partial charge in [-0.3, -0.25) is 9.59 Å². The van der Waals surface area contributed by atoms with Gasteiger partial charge in [0.05, 0.1) is 6.54 Å². The molecule has 0 unspecified atom stereocenters. The van der Waals surface area contributed by atoms with Crippen molar-refractivity contribution in [2.75, 3.05) is 25.0 Å². The number of hydrogen-bond donors (Lipinski definition) is 2. The molecule has 1 fully saturated rings. The van der Waals surface area contributed by atoms with Crippen molar-refractivity contribution in [2.45, 2.75) is 25.7 Å². The number of aliphatic hydroxyl groups excluding tert-OH is 1. The van der Waals surface area contributed by atoms with Crippen molar-refractivity contribution in [1.82, 2.24) is 4.90 Å². The maximum Gasteiger partial charge on any atom is 0.243 e. The Hall–Kier alpha value is -1.88. The SMILES string of the molecule is O=C(CN1CCCCC1=O)Nc1ccc(CCO)cc1. The zero-order valence-corrected chi connectivity index (χ0v) is 11.5. The Kier molecular flexibility index (Phi) is 5.12. The van der Waals surface area contributed by atoms with E-state index >= 15 is 0 Å². The van der Waals surface area contributed by atoms with Gasteiger partial charge in [-0.2, -0.15) is 0 Å². The van der Waals surface area contributed by atoms with Crippen LogP contribution in [-0.2, 0) is 16.0 Å². The number of aliphatic hydroxyl groups is 1. The second kappa shape index (κ2) is 7.05. The van der Waals surface area contributed by atoms with E-state index in [0.29, 0.717) is 25.1 Å². The van der Waals surface area contributed by atoms with Gasteiger partial charge in [0.2, 0.25) is 11.8 Å². The standard InChI is InChI=1S/C15H20N2O3/c18-10-8-12-4-6-13(7-5-12)16-14(19)11-17-9-2-1-3-15(17)20/h4-7,18H,1-3,8-11H2,(H,16,19). The number of likely N-dealkylation sites (tertiary alicyclic amines) is 1. The van der Waals surface area contributed by atoms with E-state index in [1.54, 1.807) is 17.0 Å². The van der Waals surface area contributed by atoms with Crippen molar-refractivity contribution < 1.29 is 14.7 Å². The largest absolute Gasteiger partial charge is 0.396 e. The molecule has 0 aliphatic carbocycles. The molecule has 0 saturated carbocycles. The predicted molar refractivity (Wildman–Crippen MR) is 76.3 cm³/mol.